The van der Waals surface area contributed by atoms with Crippen LogP contribution in [0.1, 0.15) is 6.92 Å². The molecule has 0 aliphatic carbocycles. The molecule has 0 saturated carbocycles. The summed E-state index contributed by atoms with van der Waals surface area (Å²) in [6.07, 6.45) is 1.50. The quantitative estimate of drug-likeness (QED) is 0.782. The summed E-state index contributed by atoms with van der Waals surface area (Å²) in [6.45, 7) is 5.27. The summed E-state index contributed by atoms with van der Waals surface area (Å²) in [7, 11) is 0. The zero-order valence-electron chi connectivity index (χ0n) is 10.4. The Bertz CT molecular complexity index is 568. The van der Waals surface area contributed by atoms with Crippen molar-refractivity contribution in [3.63, 3.8) is 0 Å². The normalized spacial score (nSPS) is 20.3. The lowest BCUT2D eigenvalue weighted by atomic mass is 10.1. The van der Waals surface area contributed by atoms with Crippen LogP contribution in [0.2, 0.25) is 0 Å². The van der Waals surface area contributed by atoms with Gasteiger partial charge in [0.05, 0.1) is 5.52 Å². The van der Waals surface area contributed by atoms with Crippen LogP contribution in [0.5, 0.6) is 0 Å². The summed E-state index contributed by atoms with van der Waals surface area (Å²) in [5, 5.41) is 4.32. The van der Waals surface area contributed by atoms with Crippen molar-refractivity contribution in [2.24, 2.45) is 0 Å². The fraction of sp³-hybridized carbons (Fsp3) is 0.385. The number of rotatable bonds is 1. The van der Waals surface area contributed by atoms with E-state index in [0.29, 0.717) is 11.9 Å². The van der Waals surface area contributed by atoms with E-state index in [1.54, 1.807) is 0 Å². The lowest BCUT2D eigenvalue weighted by Gasteiger charge is -2.36. The summed E-state index contributed by atoms with van der Waals surface area (Å²) in [4.78, 5) is 10.7. The van der Waals surface area contributed by atoms with Gasteiger partial charge in [-0.1, -0.05) is 0 Å². The van der Waals surface area contributed by atoms with Gasteiger partial charge in [0.1, 0.15) is 12.1 Å². The molecule has 0 spiro atoms. The van der Waals surface area contributed by atoms with Gasteiger partial charge < -0.3 is 16.0 Å². The van der Waals surface area contributed by atoms with Gasteiger partial charge >= 0.3 is 0 Å². The maximum absolute atomic E-state index is 5.91. The maximum Gasteiger partial charge on any atom is 0.134 e. The highest BCUT2D eigenvalue weighted by atomic mass is 15.2. The fourth-order valence-corrected chi connectivity index (χ4v) is 2.47. The molecule has 5 heteroatoms. The zero-order valence-corrected chi connectivity index (χ0v) is 10.4. The van der Waals surface area contributed by atoms with E-state index in [-0.39, 0.29) is 0 Å². The summed E-state index contributed by atoms with van der Waals surface area (Å²) >= 11 is 0. The van der Waals surface area contributed by atoms with Crippen LogP contribution in [0.25, 0.3) is 10.9 Å². The van der Waals surface area contributed by atoms with Gasteiger partial charge in [0.2, 0.25) is 0 Å². The Labute approximate surface area is 106 Å². The molecule has 94 valence electrons. The van der Waals surface area contributed by atoms with E-state index in [1.165, 1.54) is 12.0 Å². The second-order valence-electron chi connectivity index (χ2n) is 4.71. The molecule has 1 aromatic heterocycles. The molecule has 1 aromatic carbocycles. The molecule has 18 heavy (non-hydrogen) atoms. The molecule has 1 unspecified atom stereocenters. The summed E-state index contributed by atoms with van der Waals surface area (Å²) < 4.78 is 0. The fourth-order valence-electron chi connectivity index (χ4n) is 2.47. The van der Waals surface area contributed by atoms with Crippen molar-refractivity contribution in [3.05, 3.63) is 24.5 Å². The Morgan fingerprint density at radius 3 is 3.11 bits per heavy atom. The molecule has 1 saturated heterocycles. The van der Waals surface area contributed by atoms with Gasteiger partial charge in [-0.25, -0.2) is 9.97 Å². The largest absolute Gasteiger partial charge is 0.383 e. The van der Waals surface area contributed by atoms with Crippen molar-refractivity contribution < 1.29 is 0 Å². The number of benzene rings is 1. The third kappa shape index (κ3) is 1.86. The number of hydrogen-bond donors (Lipinski definition) is 2. The molecule has 0 bridgehead atoms. The second kappa shape index (κ2) is 4.42. The van der Waals surface area contributed by atoms with Crippen LogP contribution in [0.3, 0.4) is 0 Å². The third-order valence-corrected chi connectivity index (χ3v) is 3.48. The van der Waals surface area contributed by atoms with Crippen LogP contribution in [0.4, 0.5) is 11.5 Å². The van der Waals surface area contributed by atoms with Crippen LogP contribution >= 0.6 is 0 Å². The molecule has 1 fully saturated rings. The molecule has 2 heterocycles. The average molecular weight is 243 g/mol. The smallest absolute Gasteiger partial charge is 0.134 e. The number of nitrogen functional groups attached to an aromatic ring is 1. The van der Waals surface area contributed by atoms with E-state index >= 15 is 0 Å². The van der Waals surface area contributed by atoms with E-state index in [0.717, 1.165) is 30.5 Å². The van der Waals surface area contributed by atoms with Gasteiger partial charge in [-0.3, -0.25) is 0 Å². The number of piperazine rings is 1. The SMILES string of the molecule is CC1CNCCN1c1ccc2ncnc(N)c2c1. The van der Waals surface area contributed by atoms with E-state index < -0.39 is 0 Å². The molecular formula is C13H17N5. The van der Waals surface area contributed by atoms with Crippen LogP contribution in [-0.4, -0.2) is 35.6 Å². The molecule has 0 amide bonds. The van der Waals surface area contributed by atoms with Crippen molar-refractivity contribution in [2.75, 3.05) is 30.3 Å². The number of nitrogens with zero attached hydrogens (tertiary/aromatic N) is 3. The van der Waals surface area contributed by atoms with E-state index in [9.17, 15) is 0 Å². The number of fused-ring (bicyclic) bond motifs is 1. The number of nitrogens with one attached hydrogen (secondary N) is 1. The minimum Gasteiger partial charge on any atom is -0.383 e. The summed E-state index contributed by atoms with van der Waals surface area (Å²) in [6, 6.07) is 6.70. The average Bonchev–Trinajstić information content (AvgIpc) is 2.40. The molecule has 1 aliphatic rings. The highest BCUT2D eigenvalue weighted by Gasteiger charge is 2.18. The molecule has 2 aromatic rings. The monoisotopic (exact) mass is 243 g/mol. The van der Waals surface area contributed by atoms with Gasteiger partial charge in [0.15, 0.2) is 0 Å². The molecule has 1 atom stereocenters. The Morgan fingerprint density at radius 2 is 2.28 bits per heavy atom. The van der Waals surface area contributed by atoms with Gasteiger partial charge in [-0.05, 0) is 25.1 Å². The predicted octanol–water partition coefficient (Wildman–Crippen LogP) is 1.01. The highest BCUT2D eigenvalue weighted by Crippen LogP contribution is 2.25. The number of nitrogens with two attached hydrogens (primary N) is 1. The molecular weight excluding hydrogens is 226 g/mol. The van der Waals surface area contributed by atoms with E-state index in [2.05, 4.69) is 39.2 Å². The first-order chi connectivity index (χ1) is 8.75. The zero-order chi connectivity index (χ0) is 12.5. The Hall–Kier alpha value is -1.88. The second-order valence-corrected chi connectivity index (χ2v) is 4.71. The van der Waals surface area contributed by atoms with Crippen LogP contribution in [-0.2, 0) is 0 Å². The number of hydrogen-bond acceptors (Lipinski definition) is 5. The molecule has 0 radical (unpaired) electrons. The van der Waals surface area contributed by atoms with Crippen molar-refractivity contribution in [1.29, 1.82) is 0 Å². The topological polar surface area (TPSA) is 67.1 Å². The minimum atomic E-state index is 0.488. The Balaban J connectivity index is 2.04. The first kappa shape index (κ1) is 11.2. The number of aromatic nitrogens is 2. The first-order valence-electron chi connectivity index (χ1n) is 6.23. The predicted molar refractivity (Wildman–Crippen MR) is 73.6 cm³/mol. The van der Waals surface area contributed by atoms with Crippen molar-refractivity contribution in [3.8, 4) is 0 Å². The van der Waals surface area contributed by atoms with E-state index in [4.69, 9.17) is 5.73 Å². The Morgan fingerprint density at radius 1 is 1.39 bits per heavy atom. The molecule has 5 nitrogen and oxygen atoms in total. The first-order valence-corrected chi connectivity index (χ1v) is 6.23. The Kier molecular flexibility index (Phi) is 2.76. The molecule has 3 rings (SSSR count). The molecule has 3 N–H and O–H groups in total. The van der Waals surface area contributed by atoms with E-state index in [1.807, 2.05) is 6.07 Å². The lowest BCUT2D eigenvalue weighted by molar-refractivity contribution is 0.501. The van der Waals surface area contributed by atoms with Gasteiger partial charge in [0, 0.05) is 36.7 Å². The lowest BCUT2D eigenvalue weighted by Crippen LogP contribution is -2.49. The van der Waals surface area contributed by atoms with Crippen molar-refractivity contribution >= 4 is 22.4 Å². The standard InChI is InChI=1S/C13H17N5/c1-9-7-15-4-5-18(9)10-2-3-12-11(6-10)13(14)17-8-16-12/h2-3,6,8-9,15H,4-5,7H2,1H3,(H2,14,16,17). The number of anilines is 2. The van der Waals surface area contributed by atoms with Crippen LogP contribution in [0.15, 0.2) is 24.5 Å². The highest BCUT2D eigenvalue weighted by molar-refractivity contribution is 5.90. The third-order valence-electron chi connectivity index (χ3n) is 3.48. The van der Waals surface area contributed by atoms with Gasteiger partial charge in [-0.2, -0.15) is 0 Å². The van der Waals surface area contributed by atoms with Gasteiger partial charge in [-0.15, -0.1) is 0 Å². The van der Waals surface area contributed by atoms with Gasteiger partial charge in [0.25, 0.3) is 0 Å². The van der Waals surface area contributed by atoms with Crippen molar-refractivity contribution in [1.82, 2.24) is 15.3 Å². The van der Waals surface area contributed by atoms with Crippen molar-refractivity contribution in [2.45, 2.75) is 13.0 Å². The minimum absolute atomic E-state index is 0.488. The van der Waals surface area contributed by atoms with Crippen LogP contribution in [0, 0.1) is 0 Å². The summed E-state index contributed by atoms with van der Waals surface area (Å²) in [5.74, 6) is 0.546. The summed E-state index contributed by atoms with van der Waals surface area (Å²) in [5.41, 5.74) is 8.00. The molecule has 1 aliphatic heterocycles. The van der Waals surface area contributed by atoms with Crippen LogP contribution < -0.4 is 16.0 Å². The maximum atomic E-state index is 5.91.